The summed E-state index contributed by atoms with van der Waals surface area (Å²) in [5.74, 6) is 1.97. The Morgan fingerprint density at radius 2 is 1.83 bits per heavy atom. The van der Waals surface area contributed by atoms with E-state index in [1.807, 2.05) is 18.5 Å². The number of aromatic nitrogens is 4. The molecule has 0 saturated carbocycles. The molecule has 3 aromatic heterocycles. The van der Waals surface area contributed by atoms with Gasteiger partial charge in [-0.15, -0.1) is 0 Å². The summed E-state index contributed by atoms with van der Waals surface area (Å²) in [6.45, 7) is 5.37. The zero-order valence-corrected chi connectivity index (χ0v) is 17.0. The Balaban J connectivity index is 1.41. The Morgan fingerprint density at radius 1 is 1.00 bits per heavy atom. The molecule has 0 unspecified atom stereocenters. The molecule has 4 aromatic rings. The van der Waals surface area contributed by atoms with Gasteiger partial charge in [0.05, 0.1) is 5.52 Å². The average Bonchev–Trinajstić information content (AvgIpc) is 3.19. The Hall–Kier alpha value is -2.99. The number of rotatable bonds is 4. The van der Waals surface area contributed by atoms with E-state index in [1.165, 1.54) is 23.8 Å². The second-order valence-electron chi connectivity index (χ2n) is 7.92. The molecule has 4 heterocycles. The van der Waals surface area contributed by atoms with Gasteiger partial charge in [-0.2, -0.15) is 0 Å². The first-order valence-electron chi connectivity index (χ1n) is 10.4. The molecule has 1 fully saturated rings. The summed E-state index contributed by atoms with van der Waals surface area (Å²) < 4.78 is 2.23. The molecule has 1 aromatic carbocycles. The summed E-state index contributed by atoms with van der Waals surface area (Å²) >= 11 is 0. The fourth-order valence-corrected chi connectivity index (χ4v) is 4.28. The smallest absolute Gasteiger partial charge is 0.228 e. The Morgan fingerprint density at radius 3 is 2.59 bits per heavy atom. The lowest BCUT2D eigenvalue weighted by Crippen LogP contribution is -2.29. The third-order valence-electron chi connectivity index (χ3n) is 6.04. The molecule has 6 heteroatoms. The van der Waals surface area contributed by atoms with E-state index in [4.69, 9.17) is 4.98 Å². The molecule has 1 aliphatic heterocycles. The van der Waals surface area contributed by atoms with Crippen LogP contribution in [-0.2, 0) is 6.54 Å². The second kappa shape index (κ2) is 7.44. The third-order valence-corrected chi connectivity index (χ3v) is 6.04. The second-order valence-corrected chi connectivity index (χ2v) is 7.92. The summed E-state index contributed by atoms with van der Waals surface area (Å²) in [5.41, 5.74) is 3.45. The molecule has 1 aliphatic rings. The lowest BCUT2D eigenvalue weighted by Gasteiger charge is -2.29. The highest BCUT2D eigenvalue weighted by atomic mass is 15.1. The largest absolute Gasteiger partial charge is 0.346 e. The van der Waals surface area contributed by atoms with Crippen molar-refractivity contribution in [3.63, 3.8) is 0 Å². The van der Waals surface area contributed by atoms with Crippen LogP contribution >= 0.6 is 0 Å². The van der Waals surface area contributed by atoms with Crippen molar-refractivity contribution in [2.24, 2.45) is 0 Å². The Bertz CT molecular complexity index is 1140. The van der Waals surface area contributed by atoms with E-state index in [9.17, 15) is 0 Å². The van der Waals surface area contributed by atoms with Crippen molar-refractivity contribution < 1.29 is 0 Å². The fourth-order valence-electron chi connectivity index (χ4n) is 4.28. The quantitative estimate of drug-likeness (QED) is 0.557. The number of pyridine rings is 1. The number of anilines is 2. The van der Waals surface area contributed by atoms with Crippen LogP contribution in [0.5, 0.6) is 0 Å². The highest BCUT2D eigenvalue weighted by Crippen LogP contribution is 2.28. The van der Waals surface area contributed by atoms with Gasteiger partial charge in [0.15, 0.2) is 0 Å². The normalized spacial score (nSPS) is 15.9. The summed E-state index contributed by atoms with van der Waals surface area (Å²) in [5, 5.41) is 5.52. The molecule has 0 aliphatic carbocycles. The fraction of sp³-hybridized carbons (Fsp3) is 0.348. The van der Waals surface area contributed by atoms with Crippen LogP contribution < -0.4 is 5.32 Å². The maximum atomic E-state index is 4.81. The number of likely N-dealkylation sites (tertiary alicyclic amines) is 1. The highest BCUT2D eigenvalue weighted by Gasteiger charge is 2.18. The number of fused-ring (bicyclic) bond motifs is 3. The van der Waals surface area contributed by atoms with Crippen molar-refractivity contribution in [2.45, 2.75) is 32.2 Å². The lowest BCUT2D eigenvalue weighted by atomic mass is 9.91. The molecule has 1 saturated heterocycles. The molecule has 6 nitrogen and oxygen atoms in total. The average molecular weight is 387 g/mol. The van der Waals surface area contributed by atoms with E-state index >= 15 is 0 Å². The molecule has 0 radical (unpaired) electrons. The summed E-state index contributed by atoms with van der Waals surface area (Å²) in [4.78, 5) is 16.3. The SMILES string of the molecule is CCn1ccc2ccc3cnc(Nc4ccc(C5CCN(C)CC5)cn4)nc3c21. The van der Waals surface area contributed by atoms with Gasteiger partial charge in [-0.1, -0.05) is 18.2 Å². The van der Waals surface area contributed by atoms with Crippen LogP contribution in [-0.4, -0.2) is 44.6 Å². The minimum atomic E-state index is 0.577. The van der Waals surface area contributed by atoms with E-state index in [1.54, 1.807) is 0 Å². The number of hydrogen-bond acceptors (Lipinski definition) is 5. The van der Waals surface area contributed by atoms with Crippen LogP contribution in [0.3, 0.4) is 0 Å². The molecular weight excluding hydrogens is 360 g/mol. The number of nitrogens with zero attached hydrogens (tertiary/aromatic N) is 5. The van der Waals surface area contributed by atoms with Crippen molar-refractivity contribution in [2.75, 3.05) is 25.5 Å². The predicted octanol–water partition coefficient (Wildman–Crippen LogP) is 4.55. The van der Waals surface area contributed by atoms with Gasteiger partial charge in [-0.05, 0) is 63.5 Å². The molecule has 1 N–H and O–H groups in total. The minimum absolute atomic E-state index is 0.577. The van der Waals surface area contributed by atoms with Crippen molar-refractivity contribution in [3.8, 4) is 0 Å². The highest BCUT2D eigenvalue weighted by molar-refractivity contribution is 6.03. The Kier molecular flexibility index (Phi) is 4.64. The van der Waals surface area contributed by atoms with Gasteiger partial charge >= 0.3 is 0 Å². The van der Waals surface area contributed by atoms with Gasteiger partial charge in [0.2, 0.25) is 5.95 Å². The van der Waals surface area contributed by atoms with Crippen molar-refractivity contribution in [1.29, 1.82) is 0 Å². The predicted molar refractivity (Wildman–Crippen MR) is 118 cm³/mol. The zero-order valence-electron chi connectivity index (χ0n) is 17.0. The standard InChI is InChI=1S/C23H26N6/c1-3-29-13-10-17-4-5-19-15-25-23(27-21(19)22(17)29)26-20-7-6-18(14-24-20)16-8-11-28(2)12-9-16/h4-7,10,13-16H,3,8-9,11-12H2,1-2H3,(H,24,25,26,27). The molecule has 0 atom stereocenters. The topological polar surface area (TPSA) is 58.9 Å². The molecule has 29 heavy (non-hydrogen) atoms. The molecule has 0 amide bonds. The number of piperidine rings is 1. The van der Waals surface area contributed by atoms with E-state index in [0.29, 0.717) is 11.9 Å². The van der Waals surface area contributed by atoms with Gasteiger partial charge in [0, 0.05) is 35.9 Å². The summed E-state index contributed by atoms with van der Waals surface area (Å²) in [6.07, 6.45) is 8.39. The van der Waals surface area contributed by atoms with Crippen LogP contribution in [0.4, 0.5) is 11.8 Å². The molecule has 148 valence electrons. The first kappa shape index (κ1) is 18.1. The molecule has 5 rings (SSSR count). The van der Waals surface area contributed by atoms with Gasteiger partial charge in [-0.3, -0.25) is 0 Å². The van der Waals surface area contributed by atoms with Crippen LogP contribution in [0.25, 0.3) is 21.8 Å². The van der Waals surface area contributed by atoms with Crippen LogP contribution in [0.2, 0.25) is 0 Å². The van der Waals surface area contributed by atoms with Gasteiger partial charge in [0.1, 0.15) is 11.3 Å². The number of benzene rings is 1. The monoisotopic (exact) mass is 386 g/mol. The van der Waals surface area contributed by atoms with E-state index < -0.39 is 0 Å². The van der Waals surface area contributed by atoms with E-state index in [-0.39, 0.29) is 0 Å². The van der Waals surface area contributed by atoms with Crippen molar-refractivity contribution in [1.82, 2.24) is 24.4 Å². The number of nitrogens with one attached hydrogen (secondary N) is 1. The van der Waals surface area contributed by atoms with Crippen molar-refractivity contribution in [3.05, 3.63) is 54.5 Å². The summed E-state index contributed by atoms with van der Waals surface area (Å²) in [6, 6.07) is 10.6. The maximum absolute atomic E-state index is 4.81. The first-order chi connectivity index (χ1) is 14.2. The Labute approximate surface area is 170 Å². The van der Waals surface area contributed by atoms with Crippen molar-refractivity contribution >= 4 is 33.6 Å². The molecular formula is C23H26N6. The van der Waals surface area contributed by atoms with E-state index in [2.05, 4.69) is 69.2 Å². The van der Waals surface area contributed by atoms with Gasteiger partial charge in [-0.25, -0.2) is 15.0 Å². The molecule has 0 bridgehead atoms. The van der Waals surface area contributed by atoms with Gasteiger partial charge in [0.25, 0.3) is 0 Å². The van der Waals surface area contributed by atoms with E-state index in [0.717, 1.165) is 41.9 Å². The lowest BCUT2D eigenvalue weighted by molar-refractivity contribution is 0.255. The van der Waals surface area contributed by atoms with Crippen LogP contribution in [0.15, 0.2) is 48.9 Å². The summed E-state index contributed by atoms with van der Waals surface area (Å²) in [7, 11) is 2.19. The van der Waals surface area contributed by atoms with Crippen LogP contribution in [0.1, 0.15) is 31.2 Å². The minimum Gasteiger partial charge on any atom is -0.346 e. The maximum Gasteiger partial charge on any atom is 0.228 e. The number of aryl methyl sites for hydroxylation is 1. The van der Waals surface area contributed by atoms with Crippen LogP contribution in [0, 0.1) is 0 Å². The van der Waals surface area contributed by atoms with Gasteiger partial charge < -0.3 is 14.8 Å². The third kappa shape index (κ3) is 3.44. The first-order valence-corrected chi connectivity index (χ1v) is 10.4. The number of hydrogen-bond donors (Lipinski definition) is 1. The molecule has 0 spiro atoms. The zero-order chi connectivity index (χ0) is 19.8.